The van der Waals surface area contributed by atoms with Crippen molar-refractivity contribution < 1.29 is 9.90 Å². The first kappa shape index (κ1) is 13.5. The van der Waals surface area contributed by atoms with Crippen LogP contribution in [0.4, 0.5) is 0 Å². The Morgan fingerprint density at radius 1 is 1.35 bits per heavy atom. The Kier molecular flexibility index (Phi) is 5.43. The van der Waals surface area contributed by atoms with Crippen molar-refractivity contribution in [2.45, 2.75) is 20.4 Å². The number of hydrogen-bond acceptors (Lipinski definition) is 2. The molecule has 0 fully saturated rings. The molecule has 0 aliphatic carbocycles. The van der Waals surface area contributed by atoms with Crippen molar-refractivity contribution in [2.24, 2.45) is 0 Å². The lowest BCUT2D eigenvalue weighted by Crippen LogP contribution is -2.24. The molecule has 1 aromatic carbocycles. The van der Waals surface area contributed by atoms with Gasteiger partial charge in [-0.25, -0.2) is 4.79 Å². The van der Waals surface area contributed by atoms with E-state index in [1.807, 2.05) is 25.1 Å². The lowest BCUT2D eigenvalue weighted by atomic mass is 10.2. The van der Waals surface area contributed by atoms with Gasteiger partial charge in [-0.1, -0.05) is 42.8 Å². The number of likely N-dealkylation sites (N-methyl/N-ethyl adjacent to an activating group) is 1. The van der Waals surface area contributed by atoms with E-state index < -0.39 is 5.97 Å². The van der Waals surface area contributed by atoms with Crippen molar-refractivity contribution in [3.63, 3.8) is 0 Å². The number of carbonyl (C=O) groups is 1. The number of carboxylic acid groups (broad SMARTS) is 1. The van der Waals surface area contributed by atoms with Gasteiger partial charge in [0.05, 0.1) is 0 Å². The molecule has 0 atom stereocenters. The predicted molar refractivity (Wildman–Crippen MR) is 68.8 cm³/mol. The van der Waals surface area contributed by atoms with Crippen molar-refractivity contribution in [1.29, 1.82) is 0 Å². The molecular formula is C14H19NO2. The van der Waals surface area contributed by atoms with Crippen LogP contribution in [0.5, 0.6) is 0 Å². The molecule has 0 bridgehead atoms. The second-order valence-corrected chi connectivity index (χ2v) is 4.12. The van der Waals surface area contributed by atoms with Gasteiger partial charge < -0.3 is 5.11 Å². The third kappa shape index (κ3) is 5.31. The Hall–Kier alpha value is -1.61. The fourth-order valence-corrected chi connectivity index (χ4v) is 1.73. The summed E-state index contributed by atoms with van der Waals surface area (Å²) in [6.07, 6.45) is 1.27. The molecular weight excluding hydrogens is 214 g/mol. The Morgan fingerprint density at radius 3 is 2.53 bits per heavy atom. The van der Waals surface area contributed by atoms with Gasteiger partial charge in [-0.05, 0) is 19.0 Å². The molecule has 0 amide bonds. The summed E-state index contributed by atoms with van der Waals surface area (Å²) in [7, 11) is 0. The van der Waals surface area contributed by atoms with Gasteiger partial charge in [-0.15, -0.1) is 0 Å². The lowest BCUT2D eigenvalue weighted by Gasteiger charge is -2.20. The molecule has 0 radical (unpaired) electrons. The highest BCUT2D eigenvalue weighted by Crippen LogP contribution is 2.06. The summed E-state index contributed by atoms with van der Waals surface area (Å²) < 4.78 is 0. The third-order valence-electron chi connectivity index (χ3n) is 2.54. The van der Waals surface area contributed by atoms with E-state index in [0.717, 1.165) is 18.7 Å². The number of rotatable bonds is 6. The van der Waals surface area contributed by atoms with Crippen molar-refractivity contribution in [3.8, 4) is 0 Å². The Bertz CT molecular complexity index is 384. The summed E-state index contributed by atoms with van der Waals surface area (Å²) in [6, 6.07) is 10.2. The highest BCUT2D eigenvalue weighted by Gasteiger charge is 2.05. The van der Waals surface area contributed by atoms with Crippen LogP contribution in [0.2, 0.25) is 0 Å². The molecule has 17 heavy (non-hydrogen) atoms. The fourth-order valence-electron chi connectivity index (χ4n) is 1.73. The van der Waals surface area contributed by atoms with Crippen molar-refractivity contribution >= 4 is 5.97 Å². The van der Waals surface area contributed by atoms with Crippen molar-refractivity contribution in [3.05, 3.63) is 47.5 Å². The molecule has 3 nitrogen and oxygen atoms in total. The number of benzene rings is 1. The molecule has 0 heterocycles. The summed E-state index contributed by atoms with van der Waals surface area (Å²) in [5.74, 6) is -0.877. The van der Waals surface area contributed by atoms with Gasteiger partial charge in [0.2, 0.25) is 0 Å². The quantitative estimate of drug-likeness (QED) is 0.768. The maximum atomic E-state index is 10.5. The number of nitrogens with zero attached hydrogens (tertiary/aromatic N) is 1. The van der Waals surface area contributed by atoms with Gasteiger partial charge in [-0.2, -0.15) is 0 Å². The van der Waals surface area contributed by atoms with Crippen molar-refractivity contribution in [2.75, 3.05) is 13.1 Å². The predicted octanol–water partition coefficient (Wildman–Crippen LogP) is 2.54. The van der Waals surface area contributed by atoms with Crippen LogP contribution in [0, 0.1) is 0 Å². The Labute approximate surface area is 102 Å². The van der Waals surface area contributed by atoms with Crippen LogP contribution >= 0.6 is 0 Å². The molecule has 0 aliphatic heterocycles. The minimum atomic E-state index is -0.877. The van der Waals surface area contributed by atoms with Crippen LogP contribution in [-0.2, 0) is 11.3 Å². The van der Waals surface area contributed by atoms with Crippen LogP contribution in [0.3, 0.4) is 0 Å². The van der Waals surface area contributed by atoms with E-state index in [1.54, 1.807) is 0 Å². The molecule has 3 heteroatoms. The zero-order valence-electron chi connectivity index (χ0n) is 10.4. The first-order valence-corrected chi connectivity index (χ1v) is 5.78. The molecule has 0 unspecified atom stereocenters. The lowest BCUT2D eigenvalue weighted by molar-refractivity contribution is -0.131. The second kappa shape index (κ2) is 6.86. The second-order valence-electron chi connectivity index (χ2n) is 4.12. The molecule has 0 aromatic heterocycles. The fraction of sp³-hybridized carbons (Fsp3) is 0.357. The van der Waals surface area contributed by atoms with E-state index in [-0.39, 0.29) is 0 Å². The average Bonchev–Trinajstić information content (AvgIpc) is 2.28. The summed E-state index contributed by atoms with van der Waals surface area (Å²) in [5.41, 5.74) is 2.12. The molecule has 1 rings (SSSR count). The largest absolute Gasteiger partial charge is 0.478 e. The van der Waals surface area contributed by atoms with E-state index in [2.05, 4.69) is 24.0 Å². The molecule has 0 spiro atoms. The average molecular weight is 233 g/mol. The highest BCUT2D eigenvalue weighted by atomic mass is 16.4. The number of carboxylic acids is 1. The van der Waals surface area contributed by atoms with Crippen molar-refractivity contribution in [1.82, 2.24) is 4.90 Å². The molecule has 92 valence electrons. The zero-order valence-corrected chi connectivity index (χ0v) is 10.4. The maximum absolute atomic E-state index is 10.5. The zero-order chi connectivity index (χ0) is 12.7. The normalized spacial score (nSPS) is 11.8. The van der Waals surface area contributed by atoms with E-state index in [4.69, 9.17) is 5.11 Å². The van der Waals surface area contributed by atoms with E-state index in [9.17, 15) is 4.79 Å². The summed E-state index contributed by atoms with van der Waals surface area (Å²) >= 11 is 0. The van der Waals surface area contributed by atoms with Crippen LogP contribution in [0.15, 0.2) is 42.0 Å². The molecule has 0 aliphatic rings. The maximum Gasteiger partial charge on any atom is 0.328 e. The monoisotopic (exact) mass is 233 g/mol. The van der Waals surface area contributed by atoms with Crippen LogP contribution in [-0.4, -0.2) is 29.1 Å². The van der Waals surface area contributed by atoms with Gasteiger partial charge in [0.25, 0.3) is 0 Å². The van der Waals surface area contributed by atoms with Gasteiger partial charge in [0, 0.05) is 19.2 Å². The third-order valence-corrected chi connectivity index (χ3v) is 2.54. The minimum absolute atomic E-state index is 0.692. The van der Waals surface area contributed by atoms with E-state index >= 15 is 0 Å². The smallest absolute Gasteiger partial charge is 0.328 e. The van der Waals surface area contributed by atoms with Crippen LogP contribution < -0.4 is 0 Å². The van der Waals surface area contributed by atoms with E-state index in [0.29, 0.717) is 6.54 Å². The Morgan fingerprint density at radius 2 is 2.00 bits per heavy atom. The summed E-state index contributed by atoms with van der Waals surface area (Å²) in [5, 5.41) is 8.66. The standard InChI is InChI=1S/C14H19NO2/c1-3-15(10-12(2)9-14(16)17)11-13-7-5-4-6-8-13/h4-9H,3,10-11H2,1-2H3,(H,16,17). The molecule has 0 saturated carbocycles. The molecule has 1 aromatic rings. The topological polar surface area (TPSA) is 40.5 Å². The first-order valence-electron chi connectivity index (χ1n) is 5.78. The van der Waals surface area contributed by atoms with Gasteiger partial charge in [0.1, 0.15) is 0 Å². The number of hydrogen-bond donors (Lipinski definition) is 1. The minimum Gasteiger partial charge on any atom is -0.478 e. The Balaban J connectivity index is 2.58. The van der Waals surface area contributed by atoms with Gasteiger partial charge in [0.15, 0.2) is 0 Å². The van der Waals surface area contributed by atoms with Gasteiger partial charge in [-0.3, -0.25) is 4.90 Å². The molecule has 0 saturated heterocycles. The highest BCUT2D eigenvalue weighted by molar-refractivity contribution is 5.80. The summed E-state index contributed by atoms with van der Waals surface area (Å²) in [6.45, 7) is 6.37. The summed E-state index contributed by atoms with van der Waals surface area (Å²) in [4.78, 5) is 12.8. The number of aliphatic carboxylic acids is 1. The molecule has 1 N–H and O–H groups in total. The van der Waals surface area contributed by atoms with Crippen LogP contribution in [0.25, 0.3) is 0 Å². The van der Waals surface area contributed by atoms with Crippen LogP contribution in [0.1, 0.15) is 19.4 Å². The first-order chi connectivity index (χ1) is 8.11. The van der Waals surface area contributed by atoms with Gasteiger partial charge >= 0.3 is 5.97 Å². The van der Waals surface area contributed by atoms with E-state index in [1.165, 1.54) is 11.6 Å². The SMILES string of the molecule is CCN(CC(C)=CC(=O)O)Cc1ccccc1.